The van der Waals surface area contributed by atoms with Crippen molar-refractivity contribution in [3.05, 3.63) is 103 Å². The maximum absolute atomic E-state index is 2.34. The van der Waals surface area contributed by atoms with Gasteiger partial charge >= 0.3 is 0 Å². The van der Waals surface area contributed by atoms with E-state index in [4.69, 9.17) is 0 Å². The molecule has 0 aliphatic heterocycles. The number of aromatic nitrogens is 2. The van der Waals surface area contributed by atoms with Gasteiger partial charge in [-0.05, 0) is 58.7 Å². The number of nitrogens with zero attached hydrogens (tertiary/aromatic N) is 2. The van der Waals surface area contributed by atoms with Crippen molar-refractivity contribution in [2.45, 2.75) is 6.92 Å². The lowest BCUT2D eigenvalue weighted by Crippen LogP contribution is -2.30. The SMILES string of the molecule is Cc1ccccc1-c1cc2c(c[n+]1C)c1cc3ccc(-c4ccccc4)cc3cc1n2C. The van der Waals surface area contributed by atoms with Gasteiger partial charge in [-0.1, -0.05) is 60.7 Å². The Bertz CT molecular complexity index is 1640. The number of rotatable bonds is 2. The van der Waals surface area contributed by atoms with Gasteiger partial charge in [-0.25, -0.2) is 4.57 Å². The summed E-state index contributed by atoms with van der Waals surface area (Å²) in [6, 6.07) is 33.0. The lowest BCUT2D eigenvalue weighted by atomic mass is 10.00. The van der Waals surface area contributed by atoms with Crippen LogP contribution < -0.4 is 4.57 Å². The number of hydrogen-bond donors (Lipinski definition) is 0. The molecule has 32 heavy (non-hydrogen) atoms. The topological polar surface area (TPSA) is 8.81 Å². The molecule has 0 saturated heterocycles. The average Bonchev–Trinajstić information content (AvgIpc) is 3.08. The molecule has 0 aliphatic rings. The first kappa shape index (κ1) is 18.8. The molecule has 2 nitrogen and oxygen atoms in total. The molecule has 0 aliphatic carbocycles. The van der Waals surface area contributed by atoms with Crippen molar-refractivity contribution in [3.63, 3.8) is 0 Å². The summed E-state index contributed by atoms with van der Waals surface area (Å²) in [6.45, 7) is 2.18. The molecular formula is C30H25N2+. The molecular weight excluding hydrogens is 388 g/mol. The minimum absolute atomic E-state index is 1.23. The summed E-state index contributed by atoms with van der Waals surface area (Å²) in [6.07, 6.45) is 2.28. The Balaban J connectivity index is 1.61. The molecule has 0 bridgehead atoms. The Morgan fingerprint density at radius 1 is 0.656 bits per heavy atom. The van der Waals surface area contributed by atoms with Crippen molar-refractivity contribution in [1.82, 2.24) is 4.57 Å². The Labute approximate surface area is 188 Å². The van der Waals surface area contributed by atoms with Crippen molar-refractivity contribution in [3.8, 4) is 22.4 Å². The van der Waals surface area contributed by atoms with E-state index in [9.17, 15) is 0 Å². The maximum atomic E-state index is 2.34. The lowest BCUT2D eigenvalue weighted by Gasteiger charge is -2.06. The highest BCUT2D eigenvalue weighted by Crippen LogP contribution is 2.34. The normalized spacial score (nSPS) is 11.6. The predicted molar refractivity (Wildman–Crippen MR) is 135 cm³/mol. The highest BCUT2D eigenvalue weighted by atomic mass is 15.0. The van der Waals surface area contributed by atoms with Crippen LogP contribution in [-0.4, -0.2) is 4.57 Å². The number of benzene rings is 4. The highest BCUT2D eigenvalue weighted by molar-refractivity contribution is 6.12. The molecule has 0 radical (unpaired) electrons. The van der Waals surface area contributed by atoms with E-state index in [1.165, 1.54) is 60.5 Å². The third-order valence-corrected chi connectivity index (χ3v) is 6.75. The van der Waals surface area contributed by atoms with Gasteiger partial charge in [0.05, 0.1) is 10.9 Å². The second kappa shape index (κ2) is 7.06. The molecule has 2 aromatic heterocycles. The number of pyridine rings is 1. The van der Waals surface area contributed by atoms with Crippen LogP contribution >= 0.6 is 0 Å². The molecule has 0 amide bonds. The first-order chi connectivity index (χ1) is 15.6. The number of aryl methyl sites for hydroxylation is 3. The monoisotopic (exact) mass is 413 g/mol. The van der Waals surface area contributed by atoms with Crippen molar-refractivity contribution in [2.24, 2.45) is 14.1 Å². The zero-order valence-electron chi connectivity index (χ0n) is 18.6. The standard InChI is InChI=1S/C30H25N2/c1-20-9-7-8-12-25(20)28-18-30-27(19-31(28)2)26-16-23-14-13-22(21-10-5-4-6-11-21)15-24(23)17-29(26)32(30)3/h4-19H,1-3H3/q+1. The van der Waals surface area contributed by atoms with Crippen LogP contribution in [0.2, 0.25) is 0 Å². The van der Waals surface area contributed by atoms with Gasteiger partial charge in [0.25, 0.3) is 0 Å². The molecule has 0 spiro atoms. The molecule has 4 aromatic carbocycles. The summed E-state index contributed by atoms with van der Waals surface area (Å²) in [7, 11) is 4.33. The summed E-state index contributed by atoms with van der Waals surface area (Å²) in [5.41, 5.74) is 8.83. The Kier molecular flexibility index (Phi) is 4.16. The maximum Gasteiger partial charge on any atom is 0.214 e. The van der Waals surface area contributed by atoms with Crippen molar-refractivity contribution >= 4 is 32.6 Å². The molecule has 6 rings (SSSR count). The van der Waals surface area contributed by atoms with E-state index in [0.717, 1.165) is 0 Å². The summed E-state index contributed by atoms with van der Waals surface area (Å²) in [5.74, 6) is 0. The predicted octanol–water partition coefficient (Wildman–Crippen LogP) is 6.95. The van der Waals surface area contributed by atoms with E-state index in [1.54, 1.807) is 0 Å². The zero-order chi connectivity index (χ0) is 21.8. The lowest BCUT2D eigenvalue weighted by molar-refractivity contribution is -0.659. The van der Waals surface area contributed by atoms with Gasteiger partial charge < -0.3 is 4.57 Å². The Morgan fingerprint density at radius 2 is 1.41 bits per heavy atom. The van der Waals surface area contributed by atoms with Crippen molar-refractivity contribution in [2.75, 3.05) is 0 Å². The van der Waals surface area contributed by atoms with Crippen molar-refractivity contribution < 1.29 is 4.57 Å². The van der Waals surface area contributed by atoms with Crippen molar-refractivity contribution in [1.29, 1.82) is 0 Å². The molecule has 0 saturated carbocycles. The number of fused-ring (bicyclic) bond motifs is 4. The van der Waals surface area contributed by atoms with E-state index in [-0.39, 0.29) is 0 Å². The van der Waals surface area contributed by atoms with Crippen LogP contribution in [0.3, 0.4) is 0 Å². The smallest absolute Gasteiger partial charge is 0.214 e. The molecule has 2 heterocycles. The van der Waals surface area contributed by atoms with Crippen LogP contribution in [0.1, 0.15) is 5.56 Å². The molecule has 0 N–H and O–H groups in total. The molecule has 2 heteroatoms. The first-order valence-corrected chi connectivity index (χ1v) is 11.1. The molecule has 0 atom stereocenters. The van der Waals surface area contributed by atoms with E-state index >= 15 is 0 Å². The quantitative estimate of drug-likeness (QED) is 0.272. The van der Waals surface area contributed by atoms with E-state index in [1.807, 2.05) is 0 Å². The van der Waals surface area contributed by atoms with E-state index in [0.29, 0.717) is 0 Å². The van der Waals surface area contributed by atoms with Gasteiger partial charge in [0.15, 0.2) is 6.20 Å². The Morgan fingerprint density at radius 3 is 2.22 bits per heavy atom. The summed E-state index contributed by atoms with van der Waals surface area (Å²) < 4.78 is 4.59. The van der Waals surface area contributed by atoms with Crippen LogP contribution in [0.5, 0.6) is 0 Å². The molecule has 0 unspecified atom stereocenters. The van der Waals surface area contributed by atoms with Crippen LogP contribution in [0, 0.1) is 6.92 Å². The molecule has 0 fully saturated rings. The van der Waals surface area contributed by atoms with Crippen LogP contribution in [-0.2, 0) is 14.1 Å². The van der Waals surface area contributed by atoms with Crippen LogP contribution in [0.15, 0.2) is 97.2 Å². The second-order valence-electron chi connectivity index (χ2n) is 8.74. The molecule has 154 valence electrons. The highest BCUT2D eigenvalue weighted by Gasteiger charge is 2.18. The minimum Gasteiger partial charge on any atom is -0.343 e. The average molecular weight is 414 g/mol. The van der Waals surface area contributed by atoms with Gasteiger partial charge in [-0.15, -0.1) is 0 Å². The van der Waals surface area contributed by atoms with Gasteiger partial charge in [0, 0.05) is 29.6 Å². The van der Waals surface area contributed by atoms with E-state index in [2.05, 4.69) is 127 Å². The fourth-order valence-electron chi connectivity index (χ4n) is 4.97. The number of hydrogen-bond acceptors (Lipinski definition) is 0. The summed E-state index contributed by atoms with van der Waals surface area (Å²) in [4.78, 5) is 0. The Hall–Kier alpha value is -3.91. The summed E-state index contributed by atoms with van der Waals surface area (Å²) >= 11 is 0. The zero-order valence-corrected chi connectivity index (χ0v) is 18.6. The van der Waals surface area contributed by atoms with Gasteiger partial charge in [-0.3, -0.25) is 0 Å². The third-order valence-electron chi connectivity index (χ3n) is 6.75. The summed E-state index contributed by atoms with van der Waals surface area (Å²) in [5, 5.41) is 5.13. The fourth-order valence-corrected chi connectivity index (χ4v) is 4.97. The van der Waals surface area contributed by atoms with E-state index < -0.39 is 0 Å². The minimum atomic E-state index is 1.23. The fraction of sp³-hybridized carbons (Fsp3) is 0.100. The third kappa shape index (κ3) is 2.84. The van der Waals surface area contributed by atoms with Crippen LogP contribution in [0.4, 0.5) is 0 Å². The van der Waals surface area contributed by atoms with Gasteiger partial charge in [0.1, 0.15) is 7.05 Å². The second-order valence-corrected chi connectivity index (χ2v) is 8.74. The van der Waals surface area contributed by atoms with Gasteiger partial charge in [-0.2, -0.15) is 0 Å². The largest absolute Gasteiger partial charge is 0.343 e. The molecule has 6 aromatic rings. The van der Waals surface area contributed by atoms with Gasteiger partial charge in [0.2, 0.25) is 5.69 Å². The first-order valence-electron chi connectivity index (χ1n) is 11.1. The van der Waals surface area contributed by atoms with Crippen LogP contribution in [0.25, 0.3) is 55.0 Å².